The molecule has 1 unspecified atom stereocenters. The number of morpholine rings is 1. The van der Waals surface area contributed by atoms with Gasteiger partial charge in [0.2, 0.25) is 0 Å². The zero-order chi connectivity index (χ0) is 37.7. The fourth-order valence-corrected chi connectivity index (χ4v) is 9.39. The molecule has 6 aromatic rings. The van der Waals surface area contributed by atoms with Gasteiger partial charge < -0.3 is 28.6 Å². The quantitative estimate of drug-likeness (QED) is 0.148. The van der Waals surface area contributed by atoms with Crippen LogP contribution in [-0.2, 0) is 15.8 Å². The van der Waals surface area contributed by atoms with Gasteiger partial charge in [-0.15, -0.1) is 0 Å². The lowest BCUT2D eigenvalue weighted by molar-refractivity contribution is 0.122. The minimum Gasteiger partial charge on any atom is -0.497 e. The topological polar surface area (TPSA) is 49.4 Å². The average Bonchev–Trinajstić information content (AvgIpc) is 3.56. The van der Waals surface area contributed by atoms with Crippen LogP contribution in [0.4, 0.5) is 5.69 Å². The first-order valence-corrected chi connectivity index (χ1v) is 19.4. The van der Waals surface area contributed by atoms with Gasteiger partial charge in [-0.2, -0.15) is 0 Å². The largest absolute Gasteiger partial charge is 0.497 e. The number of rotatable bonds is 9. The molecule has 278 valence electrons. The molecule has 0 N–H and O–H groups in total. The Kier molecular flexibility index (Phi) is 8.82. The molecule has 6 heteroatoms. The first kappa shape index (κ1) is 35.0. The van der Waals surface area contributed by atoms with E-state index in [2.05, 4.69) is 128 Å². The molecule has 0 amide bonds. The first-order chi connectivity index (χ1) is 27.0. The van der Waals surface area contributed by atoms with Crippen molar-refractivity contribution in [3.8, 4) is 45.3 Å². The lowest BCUT2D eigenvalue weighted by Gasteiger charge is -2.39. The molecule has 2 aliphatic heterocycles. The molecule has 1 atom stereocenters. The summed E-state index contributed by atoms with van der Waals surface area (Å²) in [4.78, 5) is 2.38. The van der Waals surface area contributed by atoms with Gasteiger partial charge >= 0.3 is 0 Å². The molecule has 0 spiro atoms. The van der Waals surface area contributed by atoms with Gasteiger partial charge in [0.1, 0.15) is 11.5 Å². The summed E-state index contributed by atoms with van der Waals surface area (Å²) in [5.41, 5.74) is 10.8. The number of hydrogen-bond donors (Lipinski definition) is 0. The van der Waals surface area contributed by atoms with E-state index in [-0.39, 0.29) is 5.41 Å². The standard InChI is InChI=1S/C49H47NO5/c1-6-48(7-2)42-29-33(32-11-9-8-10-12-32)13-22-38(42)45-40-30-43(52-4)44(53-5)31-41(40)47-39(46(45)48)23-24-49(55-47,35-16-20-37(51-3)21-17-35)34-14-18-36(19-15-34)50-25-27-54-28-26-50/h8-24,29-31H,6-7,25-28H2,1-5H3. The third-order valence-electron chi connectivity index (χ3n) is 12.3. The molecule has 1 aliphatic carbocycles. The molecule has 55 heavy (non-hydrogen) atoms. The molecule has 3 aliphatic rings. The summed E-state index contributed by atoms with van der Waals surface area (Å²) in [5.74, 6) is 2.99. The Morgan fingerprint density at radius 3 is 1.96 bits per heavy atom. The fraction of sp³-hybridized carbons (Fsp3) is 0.265. The first-order valence-electron chi connectivity index (χ1n) is 19.4. The zero-order valence-electron chi connectivity index (χ0n) is 32.3. The summed E-state index contributed by atoms with van der Waals surface area (Å²) < 4.78 is 30.9. The minimum absolute atomic E-state index is 0.242. The number of anilines is 1. The van der Waals surface area contributed by atoms with Gasteiger partial charge in [-0.05, 0) is 100 Å². The van der Waals surface area contributed by atoms with Crippen LogP contribution in [0, 0.1) is 0 Å². The number of hydrogen-bond acceptors (Lipinski definition) is 6. The Morgan fingerprint density at radius 1 is 0.673 bits per heavy atom. The van der Waals surface area contributed by atoms with Crippen molar-refractivity contribution in [2.24, 2.45) is 0 Å². The van der Waals surface area contributed by atoms with Crippen molar-refractivity contribution in [2.75, 3.05) is 52.5 Å². The zero-order valence-corrected chi connectivity index (χ0v) is 32.3. The van der Waals surface area contributed by atoms with Gasteiger partial charge in [0.15, 0.2) is 17.1 Å². The van der Waals surface area contributed by atoms with Crippen molar-refractivity contribution in [1.82, 2.24) is 0 Å². The second-order valence-electron chi connectivity index (χ2n) is 14.7. The van der Waals surface area contributed by atoms with Gasteiger partial charge in [0, 0.05) is 46.3 Å². The molecular formula is C49H47NO5. The molecule has 1 fully saturated rings. The molecule has 2 heterocycles. The third-order valence-corrected chi connectivity index (χ3v) is 12.3. The molecule has 0 bridgehead atoms. The third kappa shape index (κ3) is 5.41. The number of nitrogens with zero attached hydrogens (tertiary/aromatic N) is 1. The van der Waals surface area contributed by atoms with Gasteiger partial charge in [-0.1, -0.05) is 86.7 Å². The van der Waals surface area contributed by atoms with Crippen LogP contribution in [0.3, 0.4) is 0 Å². The Balaban J connectivity index is 1.31. The molecular weight excluding hydrogens is 683 g/mol. The van der Waals surface area contributed by atoms with E-state index in [4.69, 9.17) is 23.7 Å². The summed E-state index contributed by atoms with van der Waals surface area (Å²) in [5, 5.41) is 2.07. The highest BCUT2D eigenvalue weighted by molar-refractivity contribution is 6.10. The van der Waals surface area contributed by atoms with E-state index in [1.165, 1.54) is 39.1 Å². The molecule has 0 radical (unpaired) electrons. The van der Waals surface area contributed by atoms with Crippen LogP contribution in [0.1, 0.15) is 54.5 Å². The normalized spacial score (nSPS) is 17.9. The Morgan fingerprint density at radius 2 is 1.33 bits per heavy atom. The van der Waals surface area contributed by atoms with Crippen molar-refractivity contribution >= 4 is 22.5 Å². The Labute approximate surface area is 323 Å². The van der Waals surface area contributed by atoms with Gasteiger partial charge in [-0.3, -0.25) is 0 Å². The van der Waals surface area contributed by atoms with Crippen molar-refractivity contribution in [2.45, 2.75) is 37.7 Å². The van der Waals surface area contributed by atoms with Crippen LogP contribution < -0.4 is 23.8 Å². The predicted octanol–water partition coefficient (Wildman–Crippen LogP) is 10.8. The monoisotopic (exact) mass is 729 g/mol. The van der Waals surface area contributed by atoms with Gasteiger partial charge in [0.25, 0.3) is 0 Å². The van der Waals surface area contributed by atoms with Crippen LogP contribution in [0.2, 0.25) is 0 Å². The number of fused-ring (bicyclic) bond motifs is 8. The minimum atomic E-state index is -0.926. The second-order valence-corrected chi connectivity index (χ2v) is 14.7. The van der Waals surface area contributed by atoms with Crippen molar-refractivity contribution in [1.29, 1.82) is 0 Å². The maximum absolute atomic E-state index is 7.68. The van der Waals surface area contributed by atoms with Crippen LogP contribution in [0.15, 0.2) is 115 Å². The summed E-state index contributed by atoms with van der Waals surface area (Å²) in [6, 6.07) is 39.1. The van der Waals surface area contributed by atoms with Crippen molar-refractivity contribution in [3.63, 3.8) is 0 Å². The van der Waals surface area contributed by atoms with Crippen LogP contribution in [0.5, 0.6) is 23.0 Å². The van der Waals surface area contributed by atoms with E-state index in [1.807, 2.05) is 12.1 Å². The Hall–Kier alpha value is -5.72. The molecule has 6 nitrogen and oxygen atoms in total. The number of methoxy groups -OCH3 is 3. The number of ether oxygens (including phenoxy) is 5. The number of benzene rings is 6. The molecule has 0 saturated carbocycles. The SMILES string of the molecule is CCC1(CC)c2cc(-c3ccccc3)ccc2-c2c1c1c(c3cc(OC)c(OC)cc23)OC(c2ccc(OC)cc2)(c2ccc(N3CCOCC3)cc2)C=C1. The highest BCUT2D eigenvalue weighted by Gasteiger charge is 2.47. The second kappa shape index (κ2) is 13.8. The van der Waals surface area contributed by atoms with Crippen LogP contribution in [0.25, 0.3) is 39.1 Å². The van der Waals surface area contributed by atoms with Crippen LogP contribution in [-0.4, -0.2) is 47.6 Å². The van der Waals surface area contributed by atoms with Gasteiger partial charge in [0.05, 0.1) is 34.5 Å². The van der Waals surface area contributed by atoms with E-state index in [0.29, 0.717) is 11.5 Å². The van der Waals surface area contributed by atoms with E-state index < -0.39 is 5.60 Å². The van der Waals surface area contributed by atoms with Crippen molar-refractivity contribution < 1.29 is 23.7 Å². The predicted molar refractivity (Wildman–Crippen MR) is 222 cm³/mol. The highest BCUT2D eigenvalue weighted by Crippen LogP contribution is 2.61. The molecule has 1 saturated heterocycles. The summed E-state index contributed by atoms with van der Waals surface area (Å²) in [6.07, 6.45) is 6.47. The lowest BCUT2D eigenvalue weighted by Crippen LogP contribution is -2.37. The van der Waals surface area contributed by atoms with E-state index in [9.17, 15) is 0 Å². The van der Waals surface area contributed by atoms with E-state index in [0.717, 1.165) is 78.1 Å². The molecule has 9 rings (SSSR count). The lowest BCUT2D eigenvalue weighted by atomic mass is 9.70. The van der Waals surface area contributed by atoms with E-state index in [1.54, 1.807) is 21.3 Å². The Bertz CT molecular complexity index is 2410. The van der Waals surface area contributed by atoms with Crippen LogP contribution >= 0.6 is 0 Å². The molecule has 6 aromatic carbocycles. The fourth-order valence-electron chi connectivity index (χ4n) is 9.39. The van der Waals surface area contributed by atoms with Crippen molar-refractivity contribution in [3.05, 3.63) is 143 Å². The summed E-state index contributed by atoms with van der Waals surface area (Å²) in [6.45, 7) is 7.88. The maximum atomic E-state index is 7.68. The average molecular weight is 730 g/mol. The smallest absolute Gasteiger partial charge is 0.178 e. The maximum Gasteiger partial charge on any atom is 0.178 e. The highest BCUT2D eigenvalue weighted by atomic mass is 16.5. The van der Waals surface area contributed by atoms with E-state index >= 15 is 0 Å². The van der Waals surface area contributed by atoms with Gasteiger partial charge in [-0.25, -0.2) is 0 Å². The summed E-state index contributed by atoms with van der Waals surface area (Å²) in [7, 11) is 5.10. The summed E-state index contributed by atoms with van der Waals surface area (Å²) >= 11 is 0. The molecule has 0 aromatic heterocycles.